The summed E-state index contributed by atoms with van der Waals surface area (Å²) in [6.45, 7) is 4.60. The van der Waals surface area contributed by atoms with Gasteiger partial charge >= 0.3 is 0 Å². The lowest BCUT2D eigenvalue weighted by Crippen LogP contribution is -2.14. The SMILES string of the molecule is C=CCn1c(Cc2ccccc2)nnc1SCC(=O)Nc1ccc2c(c1)OCO2. The van der Waals surface area contributed by atoms with Crippen LogP contribution < -0.4 is 14.8 Å². The van der Waals surface area contributed by atoms with E-state index >= 15 is 0 Å². The number of nitrogens with zero attached hydrogens (tertiary/aromatic N) is 3. The first kappa shape index (κ1) is 19.1. The number of aromatic nitrogens is 3. The molecule has 0 aliphatic carbocycles. The number of nitrogens with one attached hydrogen (secondary N) is 1. The van der Waals surface area contributed by atoms with Gasteiger partial charge in [-0.1, -0.05) is 48.2 Å². The number of carbonyl (C=O) groups excluding carboxylic acids is 1. The van der Waals surface area contributed by atoms with Gasteiger partial charge in [0.05, 0.1) is 5.75 Å². The zero-order valence-corrected chi connectivity index (χ0v) is 16.5. The fraction of sp³-hybridized carbons (Fsp3) is 0.190. The van der Waals surface area contributed by atoms with Gasteiger partial charge in [-0.3, -0.25) is 4.79 Å². The van der Waals surface area contributed by atoms with E-state index in [1.165, 1.54) is 11.8 Å². The summed E-state index contributed by atoms with van der Waals surface area (Å²) in [6, 6.07) is 15.4. The van der Waals surface area contributed by atoms with Crippen LogP contribution in [0.4, 0.5) is 5.69 Å². The van der Waals surface area contributed by atoms with Gasteiger partial charge in [0.1, 0.15) is 5.82 Å². The molecule has 29 heavy (non-hydrogen) atoms. The molecule has 2 heterocycles. The number of hydrogen-bond donors (Lipinski definition) is 1. The molecule has 1 aliphatic heterocycles. The number of allylic oxidation sites excluding steroid dienone is 1. The molecule has 0 saturated heterocycles. The number of benzene rings is 2. The molecule has 1 aliphatic rings. The molecular weight excluding hydrogens is 388 g/mol. The van der Waals surface area contributed by atoms with Crippen LogP contribution in [0.15, 0.2) is 66.3 Å². The average molecular weight is 408 g/mol. The average Bonchev–Trinajstić information content (AvgIpc) is 3.34. The molecule has 0 radical (unpaired) electrons. The van der Waals surface area contributed by atoms with Crippen molar-refractivity contribution in [1.29, 1.82) is 0 Å². The lowest BCUT2D eigenvalue weighted by Gasteiger charge is -2.08. The predicted octanol–water partition coefficient (Wildman–Crippen LogP) is 3.51. The van der Waals surface area contributed by atoms with Gasteiger partial charge in [0.15, 0.2) is 16.7 Å². The minimum Gasteiger partial charge on any atom is -0.454 e. The molecule has 4 rings (SSSR count). The molecule has 8 heteroatoms. The first-order chi connectivity index (χ1) is 14.2. The third-order valence-corrected chi connectivity index (χ3v) is 5.27. The number of ether oxygens (including phenoxy) is 2. The van der Waals surface area contributed by atoms with Crippen LogP contribution in [0.5, 0.6) is 11.5 Å². The Bertz CT molecular complexity index is 1020. The molecule has 1 N–H and O–H groups in total. The van der Waals surface area contributed by atoms with Gasteiger partial charge in [0.2, 0.25) is 12.7 Å². The fourth-order valence-electron chi connectivity index (χ4n) is 2.95. The summed E-state index contributed by atoms with van der Waals surface area (Å²) in [7, 11) is 0. The van der Waals surface area contributed by atoms with Crippen LogP contribution in [0.3, 0.4) is 0 Å². The molecule has 0 bridgehead atoms. The highest BCUT2D eigenvalue weighted by molar-refractivity contribution is 7.99. The van der Waals surface area contributed by atoms with Crippen molar-refractivity contribution in [3.63, 3.8) is 0 Å². The summed E-state index contributed by atoms with van der Waals surface area (Å²) in [5.41, 5.74) is 1.82. The van der Waals surface area contributed by atoms with Crippen molar-refractivity contribution in [2.75, 3.05) is 17.9 Å². The van der Waals surface area contributed by atoms with Crippen LogP contribution in [0.25, 0.3) is 0 Å². The van der Waals surface area contributed by atoms with Gasteiger partial charge in [-0.2, -0.15) is 0 Å². The summed E-state index contributed by atoms with van der Waals surface area (Å²) in [4.78, 5) is 12.4. The van der Waals surface area contributed by atoms with E-state index in [1.807, 2.05) is 22.8 Å². The number of fused-ring (bicyclic) bond motifs is 1. The van der Waals surface area contributed by atoms with Crippen LogP contribution in [-0.4, -0.2) is 33.2 Å². The highest BCUT2D eigenvalue weighted by Gasteiger charge is 2.16. The number of hydrogen-bond acceptors (Lipinski definition) is 6. The smallest absolute Gasteiger partial charge is 0.234 e. The Kier molecular flexibility index (Phi) is 5.81. The van der Waals surface area contributed by atoms with Crippen LogP contribution in [-0.2, 0) is 17.8 Å². The van der Waals surface area contributed by atoms with Crippen molar-refractivity contribution in [1.82, 2.24) is 14.8 Å². The van der Waals surface area contributed by atoms with Crippen LogP contribution >= 0.6 is 11.8 Å². The number of thioether (sulfide) groups is 1. The van der Waals surface area contributed by atoms with Crippen LogP contribution in [0.1, 0.15) is 11.4 Å². The Labute approximate surface area is 172 Å². The largest absolute Gasteiger partial charge is 0.454 e. The first-order valence-electron chi connectivity index (χ1n) is 9.12. The quantitative estimate of drug-likeness (QED) is 0.454. The standard InChI is InChI=1S/C21H20N4O3S/c1-2-10-25-19(11-15-6-4-3-5-7-15)23-24-21(25)29-13-20(26)22-16-8-9-17-18(12-16)28-14-27-17/h2-9,12H,1,10-11,13-14H2,(H,22,26). The second kappa shape index (κ2) is 8.83. The third-order valence-electron chi connectivity index (χ3n) is 4.30. The molecule has 3 aromatic rings. The molecular formula is C21H20N4O3S. The van der Waals surface area contributed by atoms with Gasteiger partial charge < -0.3 is 19.4 Å². The first-order valence-corrected chi connectivity index (χ1v) is 10.1. The Hall–Kier alpha value is -3.26. The maximum atomic E-state index is 12.4. The minimum absolute atomic E-state index is 0.133. The van der Waals surface area contributed by atoms with Gasteiger partial charge in [0, 0.05) is 24.7 Å². The number of rotatable bonds is 8. The zero-order chi connectivity index (χ0) is 20.1. The second-order valence-electron chi connectivity index (χ2n) is 6.37. The summed E-state index contributed by atoms with van der Waals surface area (Å²) in [5.74, 6) is 2.24. The molecule has 1 amide bonds. The molecule has 148 valence electrons. The molecule has 7 nitrogen and oxygen atoms in total. The molecule has 0 saturated carbocycles. The highest BCUT2D eigenvalue weighted by Crippen LogP contribution is 2.34. The number of amides is 1. The molecule has 0 spiro atoms. The van der Waals surface area contributed by atoms with E-state index in [0.29, 0.717) is 35.3 Å². The van der Waals surface area contributed by atoms with Crippen molar-refractivity contribution in [2.24, 2.45) is 0 Å². The van der Waals surface area contributed by atoms with E-state index in [0.717, 1.165) is 11.4 Å². The Balaban J connectivity index is 1.39. The maximum Gasteiger partial charge on any atom is 0.234 e. The van der Waals surface area contributed by atoms with Gasteiger partial charge in [-0.05, 0) is 17.7 Å². The van der Waals surface area contributed by atoms with E-state index in [9.17, 15) is 4.79 Å². The van der Waals surface area contributed by atoms with Crippen LogP contribution in [0.2, 0.25) is 0 Å². The number of anilines is 1. The van der Waals surface area contributed by atoms with Crippen molar-refractivity contribution < 1.29 is 14.3 Å². The highest BCUT2D eigenvalue weighted by atomic mass is 32.2. The normalized spacial score (nSPS) is 12.0. The van der Waals surface area contributed by atoms with Gasteiger partial charge in [-0.25, -0.2) is 0 Å². The fourth-order valence-corrected chi connectivity index (χ4v) is 3.72. The molecule has 2 aromatic carbocycles. The summed E-state index contributed by atoms with van der Waals surface area (Å²) < 4.78 is 12.6. The second-order valence-corrected chi connectivity index (χ2v) is 7.31. The van der Waals surface area contributed by atoms with E-state index in [1.54, 1.807) is 24.3 Å². The van der Waals surface area contributed by atoms with Crippen molar-refractivity contribution >= 4 is 23.4 Å². The Morgan fingerprint density at radius 2 is 2.00 bits per heavy atom. The predicted molar refractivity (Wildman–Crippen MR) is 111 cm³/mol. The van der Waals surface area contributed by atoms with E-state index < -0.39 is 0 Å². The number of carbonyl (C=O) groups is 1. The summed E-state index contributed by atoms with van der Waals surface area (Å²) in [6.07, 6.45) is 2.47. The topological polar surface area (TPSA) is 78.3 Å². The van der Waals surface area contributed by atoms with Gasteiger partial charge in [-0.15, -0.1) is 16.8 Å². The van der Waals surface area contributed by atoms with Crippen LogP contribution in [0, 0.1) is 0 Å². The van der Waals surface area contributed by atoms with Crippen molar-refractivity contribution in [3.05, 3.63) is 72.6 Å². The molecule has 1 aromatic heterocycles. The minimum atomic E-state index is -0.133. The molecule has 0 fully saturated rings. The molecule has 0 unspecified atom stereocenters. The van der Waals surface area contributed by atoms with E-state index in [2.05, 4.69) is 34.2 Å². The monoisotopic (exact) mass is 408 g/mol. The van der Waals surface area contributed by atoms with Crippen molar-refractivity contribution in [2.45, 2.75) is 18.1 Å². The van der Waals surface area contributed by atoms with E-state index in [-0.39, 0.29) is 18.5 Å². The van der Waals surface area contributed by atoms with Crippen molar-refractivity contribution in [3.8, 4) is 11.5 Å². The Morgan fingerprint density at radius 1 is 1.17 bits per heavy atom. The summed E-state index contributed by atoms with van der Waals surface area (Å²) >= 11 is 1.34. The maximum absolute atomic E-state index is 12.4. The third kappa shape index (κ3) is 4.60. The lowest BCUT2D eigenvalue weighted by molar-refractivity contribution is -0.113. The summed E-state index contributed by atoms with van der Waals surface area (Å²) in [5, 5.41) is 12.1. The Morgan fingerprint density at radius 3 is 2.83 bits per heavy atom. The molecule has 0 atom stereocenters. The zero-order valence-electron chi connectivity index (χ0n) is 15.7. The van der Waals surface area contributed by atoms with E-state index in [4.69, 9.17) is 9.47 Å². The lowest BCUT2D eigenvalue weighted by atomic mass is 10.1. The van der Waals surface area contributed by atoms with Gasteiger partial charge in [0.25, 0.3) is 0 Å².